The largest absolute Gasteiger partial charge is 0.376 e. The van der Waals surface area contributed by atoms with Crippen LogP contribution in [0.3, 0.4) is 0 Å². The van der Waals surface area contributed by atoms with Crippen LogP contribution >= 0.6 is 0 Å². The molecule has 2 atom stereocenters. The van der Waals surface area contributed by atoms with E-state index in [0.717, 1.165) is 16.7 Å². The molecular formula is C20H25F2NO. The third-order valence-electron chi connectivity index (χ3n) is 4.38. The van der Waals surface area contributed by atoms with Crippen LogP contribution in [0, 0.1) is 25.5 Å². The molecule has 0 N–H and O–H groups in total. The highest BCUT2D eigenvalue weighted by Gasteiger charge is 2.31. The Balaban J connectivity index is 2.61. The van der Waals surface area contributed by atoms with E-state index in [9.17, 15) is 8.78 Å². The second-order valence-corrected chi connectivity index (χ2v) is 6.47. The normalized spacial score (nSPS) is 14.0. The van der Waals surface area contributed by atoms with Crippen LogP contribution in [0.15, 0.2) is 36.4 Å². The Morgan fingerprint density at radius 3 is 1.88 bits per heavy atom. The molecule has 0 spiro atoms. The van der Waals surface area contributed by atoms with E-state index in [1.54, 1.807) is 0 Å². The fraction of sp³-hybridized carbons (Fsp3) is 0.400. The summed E-state index contributed by atoms with van der Waals surface area (Å²) >= 11 is 0. The van der Waals surface area contributed by atoms with Crippen molar-refractivity contribution in [1.29, 1.82) is 0 Å². The number of aryl methyl sites for hydroxylation is 2. The quantitative estimate of drug-likeness (QED) is 0.765. The number of benzene rings is 2. The zero-order chi connectivity index (χ0) is 17.9. The summed E-state index contributed by atoms with van der Waals surface area (Å²) in [5, 5.41) is 0. The molecule has 2 aromatic carbocycles. The minimum Gasteiger partial charge on any atom is -0.376 e. The maximum absolute atomic E-state index is 14.4. The number of nitrogens with zero attached hydrogens (tertiary/aromatic N) is 1. The summed E-state index contributed by atoms with van der Waals surface area (Å²) < 4.78 is 34.4. The molecule has 0 aliphatic heterocycles. The molecule has 0 saturated carbocycles. The summed E-state index contributed by atoms with van der Waals surface area (Å²) in [5.74, 6) is -1.33. The van der Waals surface area contributed by atoms with Gasteiger partial charge in [0.1, 0.15) is 11.6 Å². The molecule has 0 fully saturated rings. The molecule has 2 unspecified atom stereocenters. The number of hydrogen-bond donors (Lipinski definition) is 0. The van der Waals surface area contributed by atoms with Gasteiger partial charge in [0.15, 0.2) is 0 Å². The van der Waals surface area contributed by atoms with Crippen LogP contribution in [-0.4, -0.2) is 32.6 Å². The van der Waals surface area contributed by atoms with Crippen molar-refractivity contribution in [1.82, 2.24) is 4.90 Å². The van der Waals surface area contributed by atoms with Gasteiger partial charge < -0.3 is 9.64 Å². The van der Waals surface area contributed by atoms with Gasteiger partial charge in [0.25, 0.3) is 0 Å². The molecule has 0 aliphatic carbocycles. The SMILES string of the molecule is COC(c1c(F)cccc1F)C(CN(C)C)c1c(C)cccc1C. The molecular weight excluding hydrogens is 308 g/mol. The maximum atomic E-state index is 14.4. The second-order valence-electron chi connectivity index (χ2n) is 6.47. The van der Waals surface area contributed by atoms with Crippen LogP contribution in [0.25, 0.3) is 0 Å². The van der Waals surface area contributed by atoms with Gasteiger partial charge in [0.05, 0.1) is 11.7 Å². The number of rotatable bonds is 6. The smallest absolute Gasteiger partial charge is 0.131 e. The first-order valence-electron chi connectivity index (χ1n) is 8.04. The fourth-order valence-corrected chi connectivity index (χ4v) is 3.41. The summed E-state index contributed by atoms with van der Waals surface area (Å²) in [7, 11) is 5.41. The Morgan fingerprint density at radius 2 is 1.42 bits per heavy atom. The standard InChI is InChI=1S/C20H25F2NO/c1-13-8-6-9-14(2)18(13)15(12-23(3)4)20(24-5)19-16(21)10-7-11-17(19)22/h6-11,15,20H,12H2,1-5H3. The van der Waals surface area contributed by atoms with Crippen molar-refractivity contribution in [3.05, 3.63) is 70.3 Å². The van der Waals surface area contributed by atoms with Gasteiger partial charge >= 0.3 is 0 Å². The van der Waals surface area contributed by atoms with Gasteiger partial charge in [-0.25, -0.2) is 8.78 Å². The molecule has 24 heavy (non-hydrogen) atoms. The van der Waals surface area contributed by atoms with Crippen molar-refractivity contribution >= 4 is 0 Å². The maximum Gasteiger partial charge on any atom is 0.131 e. The summed E-state index contributed by atoms with van der Waals surface area (Å²) in [6.45, 7) is 4.67. The van der Waals surface area contributed by atoms with E-state index < -0.39 is 17.7 Å². The fourth-order valence-electron chi connectivity index (χ4n) is 3.41. The van der Waals surface area contributed by atoms with Crippen molar-refractivity contribution in [3.8, 4) is 0 Å². The Hall–Kier alpha value is -1.78. The lowest BCUT2D eigenvalue weighted by Gasteiger charge is -2.31. The monoisotopic (exact) mass is 333 g/mol. The van der Waals surface area contributed by atoms with Gasteiger partial charge in [0, 0.05) is 19.6 Å². The van der Waals surface area contributed by atoms with E-state index in [1.165, 1.54) is 25.3 Å². The molecule has 2 nitrogen and oxygen atoms in total. The lowest BCUT2D eigenvalue weighted by Crippen LogP contribution is -2.28. The van der Waals surface area contributed by atoms with E-state index in [4.69, 9.17) is 4.74 Å². The zero-order valence-electron chi connectivity index (χ0n) is 14.9. The number of methoxy groups -OCH3 is 1. The highest BCUT2D eigenvalue weighted by molar-refractivity contribution is 5.39. The summed E-state index contributed by atoms with van der Waals surface area (Å²) in [5.41, 5.74) is 3.27. The molecule has 0 saturated heterocycles. The van der Waals surface area contributed by atoms with Crippen molar-refractivity contribution in [2.24, 2.45) is 0 Å². The molecule has 0 heterocycles. The summed E-state index contributed by atoms with van der Waals surface area (Å²) in [4.78, 5) is 2.02. The van der Waals surface area contributed by atoms with Gasteiger partial charge in [-0.3, -0.25) is 0 Å². The third kappa shape index (κ3) is 3.82. The summed E-state index contributed by atoms with van der Waals surface area (Å²) in [6, 6.07) is 9.97. The topological polar surface area (TPSA) is 12.5 Å². The molecule has 0 aliphatic rings. The van der Waals surface area contributed by atoms with E-state index in [1.807, 2.05) is 51.0 Å². The van der Waals surface area contributed by atoms with Crippen LogP contribution < -0.4 is 0 Å². The summed E-state index contributed by atoms with van der Waals surface area (Å²) in [6.07, 6.45) is -0.701. The van der Waals surface area contributed by atoms with Crippen LogP contribution in [0.1, 0.15) is 34.3 Å². The minimum absolute atomic E-state index is 0.00509. The zero-order valence-corrected chi connectivity index (χ0v) is 14.9. The Kier molecular flexibility index (Phi) is 6.08. The van der Waals surface area contributed by atoms with Gasteiger partial charge in [-0.05, 0) is 56.8 Å². The first kappa shape index (κ1) is 18.6. The predicted octanol–water partition coefficient (Wildman–Crippen LogP) is 4.61. The van der Waals surface area contributed by atoms with Gasteiger partial charge in [0.2, 0.25) is 0 Å². The van der Waals surface area contributed by atoms with Gasteiger partial charge in [-0.1, -0.05) is 24.3 Å². The molecule has 0 aromatic heterocycles. The number of likely N-dealkylation sites (N-methyl/N-ethyl adjacent to an activating group) is 1. The Labute approximate surface area is 143 Å². The first-order valence-corrected chi connectivity index (χ1v) is 8.04. The van der Waals surface area contributed by atoms with Crippen molar-refractivity contribution in [2.45, 2.75) is 25.9 Å². The van der Waals surface area contributed by atoms with Crippen molar-refractivity contribution in [3.63, 3.8) is 0 Å². The van der Waals surface area contributed by atoms with E-state index in [2.05, 4.69) is 0 Å². The number of halogens is 2. The lowest BCUT2D eigenvalue weighted by atomic mass is 9.83. The van der Waals surface area contributed by atoms with E-state index in [0.29, 0.717) is 6.54 Å². The van der Waals surface area contributed by atoms with E-state index >= 15 is 0 Å². The number of hydrogen-bond acceptors (Lipinski definition) is 2. The van der Waals surface area contributed by atoms with Gasteiger partial charge in [-0.15, -0.1) is 0 Å². The molecule has 0 amide bonds. The second kappa shape index (κ2) is 7.86. The Morgan fingerprint density at radius 1 is 0.917 bits per heavy atom. The van der Waals surface area contributed by atoms with Crippen LogP contribution in [0.5, 0.6) is 0 Å². The lowest BCUT2D eigenvalue weighted by molar-refractivity contribution is 0.0632. The molecule has 2 rings (SSSR count). The Bertz CT molecular complexity index is 660. The molecule has 0 radical (unpaired) electrons. The van der Waals surface area contributed by atoms with E-state index in [-0.39, 0.29) is 11.5 Å². The average Bonchev–Trinajstić information content (AvgIpc) is 2.49. The van der Waals surface area contributed by atoms with Crippen LogP contribution in [-0.2, 0) is 4.74 Å². The van der Waals surface area contributed by atoms with Crippen LogP contribution in [0.4, 0.5) is 8.78 Å². The molecule has 0 bridgehead atoms. The molecule has 2 aromatic rings. The molecule has 130 valence electrons. The van der Waals surface area contributed by atoms with Crippen molar-refractivity contribution < 1.29 is 13.5 Å². The van der Waals surface area contributed by atoms with Crippen molar-refractivity contribution in [2.75, 3.05) is 27.7 Å². The third-order valence-corrected chi connectivity index (χ3v) is 4.38. The minimum atomic E-state index is -0.701. The predicted molar refractivity (Wildman–Crippen MR) is 93.3 cm³/mol. The first-order chi connectivity index (χ1) is 11.4. The highest BCUT2D eigenvalue weighted by Crippen LogP contribution is 2.39. The molecule has 4 heteroatoms. The number of ether oxygens (including phenoxy) is 1. The average molecular weight is 333 g/mol. The van der Waals surface area contributed by atoms with Gasteiger partial charge in [-0.2, -0.15) is 0 Å². The van der Waals surface area contributed by atoms with Crippen LogP contribution in [0.2, 0.25) is 0 Å². The highest BCUT2D eigenvalue weighted by atomic mass is 19.1.